The minimum absolute atomic E-state index is 0.0966. The Balaban J connectivity index is 1.89. The van der Waals surface area contributed by atoms with Crippen molar-refractivity contribution in [3.8, 4) is 11.5 Å². The summed E-state index contributed by atoms with van der Waals surface area (Å²) in [6.45, 7) is -0.598. The molecule has 0 spiro atoms. The number of hydrogen-bond donors (Lipinski definition) is 5. The van der Waals surface area contributed by atoms with Crippen LogP contribution in [0.15, 0.2) is 33.5 Å². The molecule has 1 aromatic heterocycles. The largest absolute Gasteiger partial charge is 0.504 e. The van der Waals surface area contributed by atoms with Crippen LogP contribution in [0.4, 0.5) is 0 Å². The van der Waals surface area contributed by atoms with Crippen LogP contribution in [0.3, 0.4) is 0 Å². The third-order valence-electron chi connectivity index (χ3n) is 3.79. The Labute approximate surface area is 134 Å². The molecule has 0 bridgehead atoms. The van der Waals surface area contributed by atoms with Gasteiger partial charge in [-0.05, 0) is 12.1 Å². The molecular formula is C15H16O9. The molecule has 3 rings (SSSR count). The van der Waals surface area contributed by atoms with Crippen molar-refractivity contribution in [1.82, 2.24) is 0 Å². The van der Waals surface area contributed by atoms with Gasteiger partial charge in [-0.1, -0.05) is 0 Å². The lowest BCUT2D eigenvalue weighted by Gasteiger charge is -2.39. The molecule has 5 atom stereocenters. The second-order valence-electron chi connectivity index (χ2n) is 5.43. The maximum Gasteiger partial charge on any atom is 0.336 e. The van der Waals surface area contributed by atoms with Gasteiger partial charge in [0.2, 0.25) is 6.29 Å². The third-order valence-corrected chi connectivity index (χ3v) is 3.79. The molecule has 9 heteroatoms. The van der Waals surface area contributed by atoms with Gasteiger partial charge in [0.1, 0.15) is 30.0 Å². The Morgan fingerprint density at radius 2 is 1.83 bits per heavy atom. The molecule has 24 heavy (non-hydrogen) atoms. The highest BCUT2D eigenvalue weighted by molar-refractivity contribution is 5.80. The zero-order valence-corrected chi connectivity index (χ0v) is 12.3. The molecule has 1 saturated heterocycles. The minimum Gasteiger partial charge on any atom is -0.504 e. The molecule has 0 amide bonds. The van der Waals surface area contributed by atoms with Gasteiger partial charge >= 0.3 is 5.63 Å². The van der Waals surface area contributed by atoms with E-state index in [0.29, 0.717) is 5.39 Å². The van der Waals surface area contributed by atoms with Crippen molar-refractivity contribution in [2.24, 2.45) is 0 Å². The fourth-order valence-electron chi connectivity index (χ4n) is 2.47. The van der Waals surface area contributed by atoms with Gasteiger partial charge in [-0.2, -0.15) is 0 Å². The lowest BCUT2D eigenvalue weighted by Crippen LogP contribution is -2.60. The molecule has 5 N–H and O–H groups in total. The smallest absolute Gasteiger partial charge is 0.336 e. The number of phenols is 1. The first kappa shape index (κ1) is 16.7. The lowest BCUT2D eigenvalue weighted by atomic mass is 9.99. The highest BCUT2D eigenvalue weighted by Gasteiger charge is 2.44. The van der Waals surface area contributed by atoms with Gasteiger partial charge in [0.15, 0.2) is 11.5 Å². The second-order valence-corrected chi connectivity index (χ2v) is 5.43. The maximum absolute atomic E-state index is 11.2. The number of benzene rings is 1. The van der Waals surface area contributed by atoms with E-state index in [1.54, 1.807) is 0 Å². The van der Waals surface area contributed by atoms with Crippen LogP contribution < -0.4 is 10.4 Å². The average molecular weight is 340 g/mol. The molecular weight excluding hydrogens is 324 g/mol. The molecule has 1 aromatic carbocycles. The zero-order chi connectivity index (χ0) is 17.4. The SMILES string of the molecule is O=c1ccc2cc(O[C@@H]3O[C@H](CO)[C@@H](O)[C@@H](O)[C@H]3O)c(O)cc2o1. The molecule has 1 aliphatic rings. The number of rotatable bonds is 3. The standard InChI is InChI=1S/C15H16O9/c16-5-10-12(19)13(20)14(21)15(24-10)23-9-3-6-1-2-11(18)22-8(6)4-7(9)17/h1-4,10,12-17,19-21H,5H2/t10-,12-,13-,14-,15-/m1/s1. The number of aliphatic hydroxyl groups excluding tert-OH is 4. The molecule has 0 unspecified atom stereocenters. The van der Waals surface area contributed by atoms with Crippen LogP contribution in [-0.2, 0) is 4.74 Å². The number of ether oxygens (including phenoxy) is 2. The third kappa shape index (κ3) is 2.95. The zero-order valence-electron chi connectivity index (χ0n) is 12.3. The lowest BCUT2D eigenvalue weighted by molar-refractivity contribution is -0.277. The summed E-state index contributed by atoms with van der Waals surface area (Å²) in [6.07, 6.45) is -7.27. The van der Waals surface area contributed by atoms with Gasteiger partial charge in [-0.15, -0.1) is 0 Å². The van der Waals surface area contributed by atoms with Gasteiger partial charge in [-0.25, -0.2) is 4.79 Å². The monoisotopic (exact) mass is 340 g/mol. The number of aliphatic hydroxyl groups is 4. The highest BCUT2D eigenvalue weighted by Crippen LogP contribution is 2.33. The Bertz CT molecular complexity index is 784. The molecule has 1 aliphatic heterocycles. The summed E-state index contributed by atoms with van der Waals surface area (Å²) in [7, 11) is 0. The topological polar surface area (TPSA) is 150 Å². The first-order chi connectivity index (χ1) is 11.4. The van der Waals surface area contributed by atoms with Gasteiger partial charge < -0.3 is 39.4 Å². The quantitative estimate of drug-likeness (QED) is 0.429. The maximum atomic E-state index is 11.2. The first-order valence-corrected chi connectivity index (χ1v) is 7.15. The van der Waals surface area contributed by atoms with Crippen LogP contribution in [0.1, 0.15) is 0 Å². The predicted molar refractivity (Wildman–Crippen MR) is 78.5 cm³/mol. The Morgan fingerprint density at radius 3 is 2.54 bits per heavy atom. The molecule has 9 nitrogen and oxygen atoms in total. The van der Waals surface area contributed by atoms with E-state index in [2.05, 4.69) is 0 Å². The van der Waals surface area contributed by atoms with E-state index in [9.17, 15) is 25.2 Å². The summed E-state index contributed by atoms with van der Waals surface area (Å²) in [5.41, 5.74) is -0.439. The molecule has 2 heterocycles. The summed E-state index contributed by atoms with van der Waals surface area (Å²) < 4.78 is 15.5. The average Bonchev–Trinajstić information content (AvgIpc) is 2.56. The van der Waals surface area contributed by atoms with E-state index in [-0.39, 0.29) is 17.1 Å². The second kappa shape index (κ2) is 6.38. The van der Waals surface area contributed by atoms with Crippen molar-refractivity contribution >= 4 is 11.0 Å². The highest BCUT2D eigenvalue weighted by atomic mass is 16.7. The predicted octanol–water partition coefficient (Wildman–Crippen LogP) is -1.32. The first-order valence-electron chi connectivity index (χ1n) is 7.15. The van der Waals surface area contributed by atoms with E-state index in [1.165, 1.54) is 18.2 Å². The summed E-state index contributed by atoms with van der Waals surface area (Å²) in [5.74, 6) is -0.477. The number of fused-ring (bicyclic) bond motifs is 1. The van der Waals surface area contributed by atoms with Crippen molar-refractivity contribution in [2.45, 2.75) is 30.7 Å². The van der Waals surface area contributed by atoms with Crippen molar-refractivity contribution in [3.63, 3.8) is 0 Å². The van der Waals surface area contributed by atoms with Crippen molar-refractivity contribution in [2.75, 3.05) is 6.61 Å². The van der Waals surface area contributed by atoms with E-state index < -0.39 is 42.9 Å². The Morgan fingerprint density at radius 1 is 1.08 bits per heavy atom. The molecule has 0 saturated carbocycles. The number of hydrogen-bond acceptors (Lipinski definition) is 9. The van der Waals surface area contributed by atoms with Crippen LogP contribution in [0.2, 0.25) is 0 Å². The molecule has 0 aliphatic carbocycles. The summed E-state index contributed by atoms with van der Waals surface area (Å²) in [6, 6.07) is 5.17. The van der Waals surface area contributed by atoms with Crippen LogP contribution >= 0.6 is 0 Å². The van der Waals surface area contributed by atoms with Crippen LogP contribution in [0, 0.1) is 0 Å². The Hall–Kier alpha value is -2.17. The fourth-order valence-corrected chi connectivity index (χ4v) is 2.47. The summed E-state index contributed by atoms with van der Waals surface area (Å²) in [5, 5.41) is 49.0. The van der Waals surface area contributed by atoms with E-state index in [4.69, 9.17) is 19.0 Å². The van der Waals surface area contributed by atoms with Crippen LogP contribution in [-0.4, -0.2) is 62.8 Å². The minimum atomic E-state index is -1.60. The van der Waals surface area contributed by atoms with Crippen LogP contribution in [0.25, 0.3) is 11.0 Å². The molecule has 1 fully saturated rings. The van der Waals surface area contributed by atoms with Crippen molar-refractivity contribution in [3.05, 3.63) is 34.7 Å². The van der Waals surface area contributed by atoms with Gasteiger partial charge in [0.05, 0.1) is 6.61 Å². The van der Waals surface area contributed by atoms with E-state index in [0.717, 1.165) is 6.07 Å². The number of phenolic OH excluding ortho intramolecular Hbond substituents is 1. The Kier molecular flexibility index (Phi) is 4.43. The van der Waals surface area contributed by atoms with Crippen molar-refractivity contribution < 1.29 is 39.4 Å². The molecule has 2 aromatic rings. The molecule has 130 valence electrons. The summed E-state index contributed by atoms with van der Waals surface area (Å²) >= 11 is 0. The van der Waals surface area contributed by atoms with Crippen LogP contribution in [0.5, 0.6) is 11.5 Å². The van der Waals surface area contributed by atoms with Gasteiger partial charge in [0.25, 0.3) is 0 Å². The summed E-state index contributed by atoms with van der Waals surface area (Å²) in [4.78, 5) is 11.2. The van der Waals surface area contributed by atoms with Gasteiger partial charge in [-0.3, -0.25) is 0 Å². The fraction of sp³-hybridized carbons (Fsp3) is 0.400. The van der Waals surface area contributed by atoms with Crippen molar-refractivity contribution in [1.29, 1.82) is 0 Å². The van der Waals surface area contributed by atoms with E-state index >= 15 is 0 Å². The van der Waals surface area contributed by atoms with E-state index in [1.807, 2.05) is 0 Å². The normalized spacial score (nSPS) is 30.4. The molecule has 0 radical (unpaired) electrons. The van der Waals surface area contributed by atoms with Gasteiger partial charge in [0, 0.05) is 17.5 Å². The number of aromatic hydroxyl groups is 1.